The molecule has 1 saturated heterocycles. The standard InChI is InChI=1S/C22H23N5O3S/c1-11-7-5-8-12(2)16(11)24-19(28)15-17(25-26-22(23)31)21(30)27(20(15)29)18-13(3)9-6-10-14(18)4/h5-10,15H,1-4H3,(H,24,28)(H3,23,26,31)/b25-17+/t15-/m0/s1. The second kappa shape index (κ2) is 8.65. The molecule has 3 amide bonds. The Morgan fingerprint density at radius 1 is 1.00 bits per heavy atom. The fourth-order valence-electron chi connectivity index (χ4n) is 3.63. The van der Waals surface area contributed by atoms with Crippen LogP contribution in [0.1, 0.15) is 22.3 Å². The number of rotatable bonds is 4. The van der Waals surface area contributed by atoms with E-state index >= 15 is 0 Å². The van der Waals surface area contributed by atoms with E-state index in [0.717, 1.165) is 27.2 Å². The van der Waals surface area contributed by atoms with Crippen LogP contribution >= 0.6 is 12.2 Å². The maximum atomic E-state index is 13.3. The molecular weight excluding hydrogens is 414 g/mol. The van der Waals surface area contributed by atoms with Gasteiger partial charge in [-0.05, 0) is 62.2 Å². The first-order chi connectivity index (χ1) is 14.6. The number of nitrogens with zero attached hydrogens (tertiary/aromatic N) is 2. The molecule has 0 aliphatic carbocycles. The van der Waals surface area contributed by atoms with Gasteiger partial charge in [0, 0.05) is 5.69 Å². The van der Waals surface area contributed by atoms with Crippen LogP contribution in [0.4, 0.5) is 11.4 Å². The van der Waals surface area contributed by atoms with Crippen molar-refractivity contribution in [1.29, 1.82) is 0 Å². The Hall–Kier alpha value is -3.59. The molecule has 1 fully saturated rings. The molecule has 0 spiro atoms. The van der Waals surface area contributed by atoms with E-state index in [0.29, 0.717) is 11.4 Å². The number of hydrogen-bond acceptors (Lipinski definition) is 5. The van der Waals surface area contributed by atoms with Gasteiger partial charge in [0.25, 0.3) is 11.8 Å². The monoisotopic (exact) mass is 437 g/mol. The number of amides is 3. The smallest absolute Gasteiger partial charge is 0.282 e. The number of thiocarbonyl (C=S) groups is 1. The quantitative estimate of drug-likeness (QED) is 0.292. The second-order valence-corrected chi connectivity index (χ2v) is 7.82. The van der Waals surface area contributed by atoms with Crippen molar-refractivity contribution >= 4 is 52.1 Å². The minimum atomic E-state index is -1.45. The van der Waals surface area contributed by atoms with Gasteiger partial charge in [-0.3, -0.25) is 19.8 Å². The van der Waals surface area contributed by atoms with Gasteiger partial charge >= 0.3 is 0 Å². The van der Waals surface area contributed by atoms with E-state index in [1.165, 1.54) is 0 Å². The van der Waals surface area contributed by atoms with E-state index < -0.39 is 23.6 Å². The van der Waals surface area contributed by atoms with E-state index in [-0.39, 0.29) is 10.8 Å². The molecule has 3 rings (SSSR count). The Labute approximate surface area is 185 Å². The van der Waals surface area contributed by atoms with E-state index in [2.05, 4.69) is 15.8 Å². The lowest BCUT2D eigenvalue weighted by Gasteiger charge is -2.19. The summed E-state index contributed by atoms with van der Waals surface area (Å²) >= 11 is 4.76. The zero-order chi connectivity index (χ0) is 22.9. The third-order valence-electron chi connectivity index (χ3n) is 5.10. The van der Waals surface area contributed by atoms with E-state index in [4.69, 9.17) is 18.0 Å². The first kappa shape index (κ1) is 22.1. The highest BCUT2D eigenvalue weighted by Gasteiger charge is 2.50. The molecule has 2 aromatic rings. The summed E-state index contributed by atoms with van der Waals surface area (Å²) in [7, 11) is 0. The van der Waals surface area contributed by atoms with Crippen LogP contribution in [-0.2, 0) is 14.4 Å². The van der Waals surface area contributed by atoms with Gasteiger partial charge < -0.3 is 11.1 Å². The van der Waals surface area contributed by atoms with Crippen molar-refractivity contribution in [2.45, 2.75) is 27.7 Å². The Balaban J connectivity index is 2.07. The number of nitrogens with one attached hydrogen (secondary N) is 2. The van der Waals surface area contributed by atoms with Gasteiger partial charge in [-0.2, -0.15) is 5.10 Å². The molecule has 8 nitrogen and oxygen atoms in total. The average Bonchev–Trinajstić information content (AvgIpc) is 2.93. The van der Waals surface area contributed by atoms with Crippen molar-refractivity contribution in [3.05, 3.63) is 58.7 Å². The van der Waals surface area contributed by atoms with Crippen LogP contribution < -0.4 is 21.4 Å². The normalized spacial score (nSPS) is 17.2. The minimum absolute atomic E-state index is 0.188. The van der Waals surface area contributed by atoms with Crippen LogP contribution in [0.2, 0.25) is 0 Å². The Kier molecular flexibility index (Phi) is 6.16. The van der Waals surface area contributed by atoms with Gasteiger partial charge in [-0.25, -0.2) is 4.90 Å². The number of hydrazone groups is 1. The lowest BCUT2D eigenvalue weighted by molar-refractivity contribution is -0.127. The van der Waals surface area contributed by atoms with Crippen molar-refractivity contribution in [2.75, 3.05) is 10.2 Å². The Morgan fingerprint density at radius 3 is 2.03 bits per heavy atom. The highest BCUT2D eigenvalue weighted by atomic mass is 32.1. The fraction of sp³-hybridized carbons (Fsp3) is 0.227. The SMILES string of the molecule is Cc1cccc(C)c1NC(=O)[C@H]1C(=O)N(c2c(C)cccc2C)C(=O)/C1=N/NC(N)=S. The molecule has 4 N–H and O–H groups in total. The molecule has 160 valence electrons. The van der Waals surface area contributed by atoms with E-state index in [9.17, 15) is 14.4 Å². The number of aryl methyl sites for hydroxylation is 4. The fourth-order valence-corrected chi connectivity index (χ4v) is 3.67. The lowest BCUT2D eigenvalue weighted by Crippen LogP contribution is -2.36. The summed E-state index contributed by atoms with van der Waals surface area (Å²) in [5.74, 6) is -3.50. The van der Waals surface area contributed by atoms with Crippen LogP contribution in [0.5, 0.6) is 0 Å². The molecule has 0 aromatic heterocycles. The first-order valence-corrected chi connectivity index (χ1v) is 9.99. The van der Waals surface area contributed by atoms with Crippen molar-refractivity contribution in [2.24, 2.45) is 16.8 Å². The summed E-state index contributed by atoms with van der Waals surface area (Å²) < 4.78 is 0. The summed E-state index contributed by atoms with van der Waals surface area (Å²) in [6.07, 6.45) is 0. The van der Waals surface area contributed by atoms with Gasteiger partial charge in [0.2, 0.25) is 5.91 Å². The third kappa shape index (κ3) is 4.17. The van der Waals surface area contributed by atoms with Crippen molar-refractivity contribution in [3.63, 3.8) is 0 Å². The molecule has 9 heteroatoms. The molecule has 31 heavy (non-hydrogen) atoms. The number of hydrogen-bond donors (Lipinski definition) is 3. The molecule has 0 bridgehead atoms. The molecule has 2 aromatic carbocycles. The highest BCUT2D eigenvalue weighted by Crippen LogP contribution is 2.32. The predicted octanol–water partition coefficient (Wildman–Crippen LogP) is 2.24. The Morgan fingerprint density at radius 2 is 1.52 bits per heavy atom. The van der Waals surface area contributed by atoms with Gasteiger partial charge in [-0.1, -0.05) is 36.4 Å². The summed E-state index contributed by atoms with van der Waals surface area (Å²) in [5.41, 5.74) is 11.6. The van der Waals surface area contributed by atoms with Crippen LogP contribution in [0.3, 0.4) is 0 Å². The molecular formula is C22H23N5O3S. The lowest BCUT2D eigenvalue weighted by atomic mass is 10.0. The number of nitrogens with two attached hydrogens (primary N) is 1. The van der Waals surface area contributed by atoms with Crippen LogP contribution in [0.25, 0.3) is 0 Å². The zero-order valence-corrected chi connectivity index (χ0v) is 18.5. The minimum Gasteiger partial charge on any atom is -0.375 e. The van der Waals surface area contributed by atoms with Gasteiger partial charge in [0.15, 0.2) is 11.0 Å². The van der Waals surface area contributed by atoms with Crippen LogP contribution in [0, 0.1) is 33.6 Å². The molecule has 0 radical (unpaired) electrons. The number of para-hydroxylation sites is 2. The van der Waals surface area contributed by atoms with Gasteiger partial charge in [0.05, 0.1) is 5.69 Å². The number of imide groups is 1. The first-order valence-electron chi connectivity index (χ1n) is 9.58. The Bertz CT molecular complexity index is 1100. The number of carbonyl (C=O) groups excluding carboxylic acids is 3. The topological polar surface area (TPSA) is 117 Å². The third-order valence-corrected chi connectivity index (χ3v) is 5.20. The maximum absolute atomic E-state index is 13.3. The molecule has 0 unspecified atom stereocenters. The predicted molar refractivity (Wildman–Crippen MR) is 124 cm³/mol. The second-order valence-electron chi connectivity index (χ2n) is 7.38. The van der Waals surface area contributed by atoms with Crippen LogP contribution in [0.15, 0.2) is 41.5 Å². The largest absolute Gasteiger partial charge is 0.375 e. The summed E-state index contributed by atoms with van der Waals surface area (Å²) in [4.78, 5) is 40.7. The van der Waals surface area contributed by atoms with Crippen molar-refractivity contribution in [3.8, 4) is 0 Å². The number of anilines is 2. The molecule has 1 heterocycles. The summed E-state index contributed by atoms with van der Waals surface area (Å²) in [6, 6.07) is 11.0. The van der Waals surface area contributed by atoms with Crippen LogP contribution in [-0.4, -0.2) is 28.5 Å². The van der Waals surface area contributed by atoms with Gasteiger partial charge in [0.1, 0.15) is 5.71 Å². The summed E-state index contributed by atoms with van der Waals surface area (Å²) in [6.45, 7) is 7.27. The molecule has 1 aliphatic heterocycles. The number of carbonyl (C=O) groups is 3. The maximum Gasteiger partial charge on any atom is 0.282 e. The molecule has 1 aliphatic rings. The van der Waals surface area contributed by atoms with E-state index in [1.807, 2.05) is 38.1 Å². The molecule has 0 saturated carbocycles. The summed E-state index contributed by atoms with van der Waals surface area (Å²) in [5, 5.41) is 6.50. The number of benzene rings is 2. The van der Waals surface area contributed by atoms with Crippen molar-refractivity contribution < 1.29 is 14.4 Å². The highest BCUT2D eigenvalue weighted by molar-refractivity contribution is 7.80. The van der Waals surface area contributed by atoms with E-state index in [1.54, 1.807) is 26.0 Å². The van der Waals surface area contributed by atoms with Crippen molar-refractivity contribution in [1.82, 2.24) is 5.43 Å². The average molecular weight is 438 g/mol. The van der Waals surface area contributed by atoms with Gasteiger partial charge in [-0.15, -0.1) is 0 Å². The zero-order valence-electron chi connectivity index (χ0n) is 17.6. The molecule has 1 atom stereocenters.